The van der Waals surface area contributed by atoms with Crippen molar-refractivity contribution in [3.63, 3.8) is 0 Å². The van der Waals surface area contributed by atoms with Crippen LogP contribution in [0.25, 0.3) is 0 Å². The number of halogens is 3. The molecule has 80 valence electrons. The molecule has 0 saturated heterocycles. The van der Waals surface area contributed by atoms with Gasteiger partial charge < -0.3 is 0 Å². The molecule has 0 fully saturated rings. The summed E-state index contributed by atoms with van der Waals surface area (Å²) in [6.07, 6.45) is 0. The van der Waals surface area contributed by atoms with Gasteiger partial charge >= 0.3 is 0 Å². The van der Waals surface area contributed by atoms with Gasteiger partial charge in [-0.3, -0.25) is 0 Å². The first-order valence-electron chi connectivity index (χ1n) is 4.55. The summed E-state index contributed by atoms with van der Waals surface area (Å²) in [4.78, 5) is 0. The molecule has 0 radical (unpaired) electrons. The topological polar surface area (TPSA) is 0 Å². The van der Waals surface area contributed by atoms with Crippen molar-refractivity contribution in [1.82, 2.24) is 0 Å². The molecule has 1 aromatic rings. The molecule has 0 N–H and O–H groups in total. The van der Waals surface area contributed by atoms with Gasteiger partial charge in [-0.05, 0) is 24.6 Å². The zero-order valence-corrected chi connectivity index (χ0v) is 9.62. The van der Waals surface area contributed by atoms with Crippen molar-refractivity contribution in [3.8, 4) is 0 Å². The first-order chi connectivity index (χ1) is 6.39. The van der Waals surface area contributed by atoms with E-state index in [1.807, 2.05) is 13.8 Å². The summed E-state index contributed by atoms with van der Waals surface area (Å²) in [5, 5.41) is 0.353. The molecule has 0 amide bonds. The molecule has 1 aromatic carbocycles. The first kappa shape index (κ1) is 13.4. The number of aryl methyl sites for hydroxylation is 1. The molecule has 0 unspecified atom stereocenters. The lowest BCUT2D eigenvalue weighted by Crippen LogP contribution is -2.06. The Morgan fingerprint density at radius 2 is 1.64 bits per heavy atom. The van der Waals surface area contributed by atoms with Gasteiger partial charge in [0.2, 0.25) is 0 Å². The summed E-state index contributed by atoms with van der Waals surface area (Å²) < 4.78 is 25.5. The largest absolute Gasteiger partial charge is 0.270 e. The molecule has 0 aromatic heterocycles. The maximum atomic E-state index is 12.8. The van der Waals surface area contributed by atoms with Crippen LogP contribution in [0.3, 0.4) is 0 Å². The zero-order chi connectivity index (χ0) is 11.4. The standard InChI is InChI=1S/C9H9ClF2.C2H6/c1-6-3-7(9(2,11)12)5-8(10)4-6;1-2/h3-5H,1-2H3;1-2H3. The highest BCUT2D eigenvalue weighted by atomic mass is 35.5. The predicted octanol–water partition coefficient (Wildman–Crippen LogP) is 4.79. The normalized spacial score (nSPS) is 10.5. The van der Waals surface area contributed by atoms with E-state index >= 15 is 0 Å². The van der Waals surface area contributed by atoms with E-state index in [0.29, 0.717) is 5.02 Å². The second kappa shape index (κ2) is 5.30. The molecule has 0 bridgehead atoms. The van der Waals surface area contributed by atoms with Crippen LogP contribution in [-0.4, -0.2) is 0 Å². The molecule has 1 rings (SSSR count). The molecular weight excluding hydrogens is 206 g/mol. The minimum absolute atomic E-state index is 0.0347. The summed E-state index contributed by atoms with van der Waals surface area (Å²) in [7, 11) is 0. The fourth-order valence-corrected chi connectivity index (χ4v) is 1.28. The van der Waals surface area contributed by atoms with Crippen LogP contribution in [0.15, 0.2) is 18.2 Å². The van der Waals surface area contributed by atoms with E-state index in [1.165, 1.54) is 12.1 Å². The lowest BCUT2D eigenvalue weighted by molar-refractivity contribution is 0.0174. The summed E-state index contributed by atoms with van der Waals surface area (Å²) in [6.45, 7) is 6.60. The van der Waals surface area contributed by atoms with Crippen LogP contribution in [0.1, 0.15) is 31.9 Å². The van der Waals surface area contributed by atoms with Gasteiger partial charge in [-0.25, -0.2) is 8.78 Å². The van der Waals surface area contributed by atoms with Gasteiger partial charge in [-0.15, -0.1) is 0 Å². The Hall–Kier alpha value is -0.630. The Labute approximate surface area is 88.9 Å². The summed E-state index contributed by atoms with van der Waals surface area (Å²) in [5.41, 5.74) is 0.714. The minimum atomic E-state index is -2.81. The first-order valence-corrected chi connectivity index (χ1v) is 4.93. The van der Waals surface area contributed by atoms with Crippen LogP contribution >= 0.6 is 11.6 Å². The van der Waals surface area contributed by atoms with E-state index in [4.69, 9.17) is 11.6 Å². The van der Waals surface area contributed by atoms with E-state index in [9.17, 15) is 8.78 Å². The maximum Gasteiger partial charge on any atom is 0.270 e. The van der Waals surface area contributed by atoms with Crippen molar-refractivity contribution in [1.29, 1.82) is 0 Å². The fourth-order valence-electron chi connectivity index (χ4n) is 0.990. The molecule has 0 nitrogen and oxygen atoms in total. The van der Waals surface area contributed by atoms with Crippen LogP contribution in [0, 0.1) is 6.92 Å². The fraction of sp³-hybridized carbons (Fsp3) is 0.455. The van der Waals surface area contributed by atoms with E-state index < -0.39 is 5.92 Å². The lowest BCUT2D eigenvalue weighted by atomic mass is 10.1. The summed E-state index contributed by atoms with van der Waals surface area (Å²) >= 11 is 5.62. The van der Waals surface area contributed by atoms with Crippen molar-refractivity contribution in [3.05, 3.63) is 34.3 Å². The highest BCUT2D eigenvalue weighted by Crippen LogP contribution is 2.29. The van der Waals surface area contributed by atoms with Gasteiger partial charge in [-0.2, -0.15) is 0 Å². The lowest BCUT2D eigenvalue weighted by Gasteiger charge is -2.11. The summed E-state index contributed by atoms with van der Waals surface area (Å²) in [5.74, 6) is -2.81. The summed E-state index contributed by atoms with van der Waals surface area (Å²) in [6, 6.07) is 4.37. The third-order valence-electron chi connectivity index (χ3n) is 1.55. The maximum absolute atomic E-state index is 12.8. The number of alkyl halides is 2. The van der Waals surface area contributed by atoms with Crippen LogP contribution in [0.2, 0.25) is 5.02 Å². The highest BCUT2D eigenvalue weighted by molar-refractivity contribution is 6.30. The van der Waals surface area contributed by atoms with Gasteiger partial charge in [0.25, 0.3) is 5.92 Å². The van der Waals surface area contributed by atoms with Gasteiger partial charge in [0.15, 0.2) is 0 Å². The van der Waals surface area contributed by atoms with Crippen molar-refractivity contribution in [2.75, 3.05) is 0 Å². The monoisotopic (exact) mass is 220 g/mol. The molecule has 0 heterocycles. The van der Waals surface area contributed by atoms with E-state index in [-0.39, 0.29) is 5.56 Å². The zero-order valence-electron chi connectivity index (χ0n) is 8.87. The van der Waals surface area contributed by atoms with E-state index in [0.717, 1.165) is 12.5 Å². The second-order valence-corrected chi connectivity index (χ2v) is 3.34. The Balaban J connectivity index is 0.000000791. The Kier molecular flexibility index (Phi) is 5.06. The van der Waals surface area contributed by atoms with Crippen molar-refractivity contribution in [2.24, 2.45) is 0 Å². The minimum Gasteiger partial charge on any atom is -0.202 e. The molecule has 0 spiro atoms. The average molecular weight is 221 g/mol. The quantitative estimate of drug-likeness (QED) is 0.639. The average Bonchev–Trinajstić information content (AvgIpc) is 2.04. The number of hydrogen-bond acceptors (Lipinski definition) is 0. The third-order valence-corrected chi connectivity index (χ3v) is 1.77. The van der Waals surface area contributed by atoms with Crippen LogP contribution < -0.4 is 0 Å². The van der Waals surface area contributed by atoms with Crippen LogP contribution in [0.5, 0.6) is 0 Å². The van der Waals surface area contributed by atoms with Crippen molar-refractivity contribution >= 4 is 11.6 Å². The molecule has 0 aliphatic heterocycles. The smallest absolute Gasteiger partial charge is 0.202 e. The van der Waals surface area contributed by atoms with Crippen molar-refractivity contribution in [2.45, 2.75) is 33.6 Å². The number of rotatable bonds is 1. The number of benzene rings is 1. The highest BCUT2D eigenvalue weighted by Gasteiger charge is 2.24. The van der Waals surface area contributed by atoms with E-state index in [1.54, 1.807) is 13.0 Å². The molecular formula is C11H15ClF2. The van der Waals surface area contributed by atoms with Crippen molar-refractivity contribution < 1.29 is 8.78 Å². The SMILES string of the molecule is CC.Cc1cc(Cl)cc(C(C)(F)F)c1. The second-order valence-electron chi connectivity index (χ2n) is 2.91. The third kappa shape index (κ3) is 4.05. The van der Waals surface area contributed by atoms with Gasteiger partial charge in [-0.1, -0.05) is 31.5 Å². The molecule has 0 aliphatic carbocycles. The predicted molar refractivity (Wildman–Crippen MR) is 57.1 cm³/mol. The van der Waals surface area contributed by atoms with Gasteiger partial charge in [0.05, 0.1) is 0 Å². The molecule has 3 heteroatoms. The Morgan fingerprint density at radius 1 is 1.14 bits per heavy atom. The number of hydrogen-bond donors (Lipinski definition) is 0. The van der Waals surface area contributed by atoms with Crippen LogP contribution in [0.4, 0.5) is 8.78 Å². The van der Waals surface area contributed by atoms with Gasteiger partial charge in [0, 0.05) is 17.5 Å². The Bertz CT molecular complexity index is 270. The molecule has 0 atom stereocenters. The van der Waals surface area contributed by atoms with Crippen LogP contribution in [-0.2, 0) is 5.92 Å². The Morgan fingerprint density at radius 3 is 2.00 bits per heavy atom. The van der Waals surface area contributed by atoms with Gasteiger partial charge in [0.1, 0.15) is 0 Å². The molecule has 14 heavy (non-hydrogen) atoms. The molecule has 0 saturated carbocycles. The van der Waals surface area contributed by atoms with E-state index in [2.05, 4.69) is 0 Å². The molecule has 0 aliphatic rings.